The molecular formula is C4H9N2O2P. The Morgan fingerprint density at radius 3 is 2.56 bits per heavy atom. The first-order chi connectivity index (χ1) is 4.34. The Bertz CT molecular complexity index is 113. The molecule has 1 rings (SSSR count). The fourth-order valence-corrected chi connectivity index (χ4v) is 1.84. The lowest BCUT2D eigenvalue weighted by atomic mass is 10.7. The van der Waals surface area contributed by atoms with Crippen LogP contribution in [0.15, 0.2) is 0 Å². The monoisotopic (exact) mass is 148 g/mol. The summed E-state index contributed by atoms with van der Waals surface area (Å²) in [5.41, 5.74) is -0.178. The van der Waals surface area contributed by atoms with Crippen molar-refractivity contribution in [1.82, 2.24) is 10.2 Å². The van der Waals surface area contributed by atoms with E-state index in [9.17, 15) is 4.79 Å². The van der Waals surface area contributed by atoms with E-state index in [-0.39, 0.29) is 5.71 Å². The topological polar surface area (TPSA) is 50.4 Å². The number of carbonyl (C=O) groups excluding carboxylic acids is 1. The van der Waals surface area contributed by atoms with Crippen LogP contribution < -0.4 is 10.2 Å². The number of rotatable bonds is 1. The SMILES string of the molecule is COC(=O)P1NCCN1. The van der Waals surface area contributed by atoms with Gasteiger partial charge in [-0.05, 0) is 0 Å². The Kier molecular flexibility index (Phi) is 2.39. The molecule has 0 aromatic rings. The van der Waals surface area contributed by atoms with Gasteiger partial charge >= 0.3 is 5.71 Å². The van der Waals surface area contributed by atoms with E-state index in [0.717, 1.165) is 13.1 Å². The van der Waals surface area contributed by atoms with E-state index < -0.39 is 8.22 Å². The van der Waals surface area contributed by atoms with Crippen molar-refractivity contribution in [3.05, 3.63) is 0 Å². The Morgan fingerprint density at radius 2 is 2.11 bits per heavy atom. The maximum atomic E-state index is 10.7. The molecule has 0 aromatic heterocycles. The van der Waals surface area contributed by atoms with E-state index in [0.29, 0.717) is 0 Å². The van der Waals surface area contributed by atoms with Crippen LogP contribution in [0.3, 0.4) is 0 Å². The van der Waals surface area contributed by atoms with Crippen molar-refractivity contribution in [1.29, 1.82) is 0 Å². The third-order valence-electron chi connectivity index (χ3n) is 1.02. The van der Waals surface area contributed by atoms with Gasteiger partial charge in [0, 0.05) is 13.1 Å². The molecule has 1 fully saturated rings. The zero-order valence-electron chi connectivity index (χ0n) is 5.18. The minimum Gasteiger partial charge on any atom is -0.464 e. The van der Waals surface area contributed by atoms with Crippen molar-refractivity contribution in [2.75, 3.05) is 20.2 Å². The fourth-order valence-electron chi connectivity index (χ4n) is 0.612. The molecule has 0 atom stereocenters. The summed E-state index contributed by atoms with van der Waals surface area (Å²) < 4.78 is 4.50. The molecule has 0 bridgehead atoms. The van der Waals surface area contributed by atoms with E-state index in [1.807, 2.05) is 0 Å². The van der Waals surface area contributed by atoms with Gasteiger partial charge in [-0.2, -0.15) is 0 Å². The summed E-state index contributed by atoms with van der Waals surface area (Å²) in [4.78, 5) is 10.7. The minimum atomic E-state index is -0.868. The van der Waals surface area contributed by atoms with Crippen LogP contribution in [0.5, 0.6) is 0 Å². The normalized spacial score (nSPS) is 20.1. The second kappa shape index (κ2) is 3.11. The molecule has 0 radical (unpaired) electrons. The van der Waals surface area contributed by atoms with Crippen LogP contribution in [0.1, 0.15) is 0 Å². The van der Waals surface area contributed by atoms with Gasteiger partial charge in [-0.3, -0.25) is 10.2 Å². The van der Waals surface area contributed by atoms with Crippen molar-refractivity contribution >= 4 is 13.9 Å². The second-order valence-electron chi connectivity index (χ2n) is 1.62. The van der Waals surface area contributed by atoms with Crippen molar-refractivity contribution in [3.8, 4) is 0 Å². The zero-order valence-corrected chi connectivity index (χ0v) is 6.07. The van der Waals surface area contributed by atoms with Crippen LogP contribution in [0.25, 0.3) is 0 Å². The smallest absolute Gasteiger partial charge is 0.356 e. The Labute approximate surface area is 54.8 Å². The maximum Gasteiger partial charge on any atom is 0.356 e. The van der Waals surface area contributed by atoms with Crippen LogP contribution in [-0.4, -0.2) is 25.9 Å². The van der Waals surface area contributed by atoms with Gasteiger partial charge in [-0.25, -0.2) is 4.79 Å². The summed E-state index contributed by atoms with van der Waals surface area (Å²) in [7, 11) is 0.528. The molecule has 1 saturated heterocycles. The number of hydrogen-bond acceptors (Lipinski definition) is 4. The first-order valence-corrected chi connectivity index (χ1v) is 4.04. The van der Waals surface area contributed by atoms with E-state index in [2.05, 4.69) is 14.9 Å². The molecule has 1 aliphatic rings. The van der Waals surface area contributed by atoms with Gasteiger partial charge in [-0.1, -0.05) is 0 Å². The molecule has 0 spiro atoms. The highest BCUT2D eigenvalue weighted by molar-refractivity contribution is 7.70. The molecule has 9 heavy (non-hydrogen) atoms. The highest BCUT2D eigenvalue weighted by Gasteiger charge is 2.21. The molecule has 5 heteroatoms. The number of nitrogens with one attached hydrogen (secondary N) is 2. The van der Waals surface area contributed by atoms with Gasteiger partial charge in [-0.15, -0.1) is 0 Å². The quantitative estimate of drug-likeness (QED) is 0.523. The lowest BCUT2D eigenvalue weighted by Gasteiger charge is -2.04. The zero-order chi connectivity index (χ0) is 6.69. The van der Waals surface area contributed by atoms with Crippen LogP contribution in [-0.2, 0) is 4.74 Å². The van der Waals surface area contributed by atoms with Crippen LogP contribution in [0, 0.1) is 0 Å². The minimum absolute atomic E-state index is 0.178. The average molecular weight is 148 g/mol. The molecule has 0 unspecified atom stereocenters. The first kappa shape index (κ1) is 6.93. The second-order valence-corrected chi connectivity index (χ2v) is 3.29. The molecule has 0 saturated carbocycles. The van der Waals surface area contributed by atoms with Gasteiger partial charge in [0.15, 0.2) is 8.22 Å². The van der Waals surface area contributed by atoms with Gasteiger partial charge in [0.05, 0.1) is 7.11 Å². The number of ether oxygens (including phenoxy) is 1. The Morgan fingerprint density at radius 1 is 1.56 bits per heavy atom. The number of methoxy groups -OCH3 is 1. The molecule has 4 nitrogen and oxygen atoms in total. The highest BCUT2D eigenvalue weighted by Crippen LogP contribution is 2.29. The molecule has 0 aliphatic carbocycles. The third kappa shape index (κ3) is 1.61. The van der Waals surface area contributed by atoms with Crippen LogP contribution in [0.2, 0.25) is 0 Å². The van der Waals surface area contributed by atoms with Crippen LogP contribution in [0.4, 0.5) is 4.79 Å². The number of hydrogen-bond donors (Lipinski definition) is 2. The Balaban J connectivity index is 2.32. The average Bonchev–Trinajstić information content (AvgIpc) is 2.37. The van der Waals surface area contributed by atoms with Crippen molar-refractivity contribution in [2.24, 2.45) is 0 Å². The number of carbonyl (C=O) groups is 1. The summed E-state index contributed by atoms with van der Waals surface area (Å²) in [6.07, 6.45) is 0. The summed E-state index contributed by atoms with van der Waals surface area (Å²) in [6, 6.07) is 0. The Hall–Kier alpha value is -0.180. The van der Waals surface area contributed by atoms with Crippen molar-refractivity contribution in [3.63, 3.8) is 0 Å². The molecule has 52 valence electrons. The molecule has 1 aliphatic heterocycles. The first-order valence-electron chi connectivity index (χ1n) is 2.69. The van der Waals surface area contributed by atoms with Gasteiger partial charge < -0.3 is 4.74 Å². The molecule has 2 N–H and O–H groups in total. The summed E-state index contributed by atoms with van der Waals surface area (Å²) >= 11 is 0. The molecule has 0 aromatic carbocycles. The maximum absolute atomic E-state index is 10.7. The lowest BCUT2D eigenvalue weighted by molar-refractivity contribution is 0.198. The summed E-state index contributed by atoms with van der Waals surface area (Å²) in [6.45, 7) is 1.72. The van der Waals surface area contributed by atoms with Crippen molar-refractivity contribution in [2.45, 2.75) is 0 Å². The fraction of sp³-hybridized carbons (Fsp3) is 0.750. The van der Waals surface area contributed by atoms with Crippen molar-refractivity contribution < 1.29 is 9.53 Å². The van der Waals surface area contributed by atoms with E-state index in [1.165, 1.54) is 7.11 Å². The summed E-state index contributed by atoms with van der Waals surface area (Å²) in [5, 5.41) is 5.97. The predicted molar refractivity (Wildman–Crippen MR) is 35.3 cm³/mol. The lowest BCUT2D eigenvalue weighted by Crippen LogP contribution is -2.10. The predicted octanol–water partition coefficient (Wildman–Crippen LogP) is 0.257. The van der Waals surface area contributed by atoms with Gasteiger partial charge in [0.25, 0.3) is 0 Å². The standard InChI is InChI=1S/C4H9N2O2P/c1-8-4(7)9-5-2-3-6-9/h5-6H,2-3H2,1H3. The van der Waals surface area contributed by atoms with Gasteiger partial charge in [0.1, 0.15) is 0 Å². The van der Waals surface area contributed by atoms with E-state index in [1.54, 1.807) is 0 Å². The summed E-state index contributed by atoms with van der Waals surface area (Å²) in [5.74, 6) is 0. The molecule has 0 amide bonds. The van der Waals surface area contributed by atoms with Gasteiger partial charge in [0.2, 0.25) is 0 Å². The van der Waals surface area contributed by atoms with E-state index in [4.69, 9.17) is 0 Å². The third-order valence-corrected chi connectivity index (χ3v) is 2.65. The van der Waals surface area contributed by atoms with Crippen LogP contribution >= 0.6 is 8.22 Å². The highest BCUT2D eigenvalue weighted by atomic mass is 31.1. The molecule has 1 heterocycles. The largest absolute Gasteiger partial charge is 0.464 e. The van der Waals surface area contributed by atoms with E-state index >= 15 is 0 Å². The molecular weight excluding hydrogens is 139 g/mol.